The van der Waals surface area contributed by atoms with E-state index in [1.165, 1.54) is 0 Å². The first-order chi connectivity index (χ1) is 13.5. The summed E-state index contributed by atoms with van der Waals surface area (Å²) in [6.45, 7) is 3.90. The second kappa shape index (κ2) is 6.99. The van der Waals surface area contributed by atoms with Crippen LogP contribution in [0.15, 0.2) is 36.4 Å². The highest BCUT2D eigenvalue weighted by Gasteiger charge is 2.36. The topological polar surface area (TPSA) is 84.9 Å². The molecule has 0 spiro atoms. The van der Waals surface area contributed by atoms with E-state index in [1.54, 1.807) is 30.3 Å². The van der Waals surface area contributed by atoms with Crippen LogP contribution < -0.4 is 14.8 Å². The number of anilines is 1. The molecule has 0 fully saturated rings. The summed E-state index contributed by atoms with van der Waals surface area (Å²) in [5, 5.41) is 2.74. The zero-order valence-corrected chi connectivity index (χ0v) is 15.7. The van der Waals surface area contributed by atoms with E-state index in [-0.39, 0.29) is 12.6 Å². The Morgan fingerprint density at radius 3 is 2.54 bits per heavy atom. The monoisotopic (exact) mass is 380 g/mol. The number of hydrogen-bond acceptors (Lipinski definition) is 5. The van der Waals surface area contributed by atoms with Gasteiger partial charge in [0.25, 0.3) is 11.8 Å². The number of nitrogens with zero attached hydrogens (tertiary/aromatic N) is 1. The maximum Gasteiger partial charge on any atom is 0.262 e. The van der Waals surface area contributed by atoms with Crippen LogP contribution in [0, 0.1) is 0 Å². The van der Waals surface area contributed by atoms with Crippen molar-refractivity contribution in [2.24, 2.45) is 0 Å². The minimum absolute atomic E-state index is 0.0637. The summed E-state index contributed by atoms with van der Waals surface area (Å²) >= 11 is 0. The van der Waals surface area contributed by atoms with E-state index in [0.717, 1.165) is 16.9 Å². The summed E-state index contributed by atoms with van der Waals surface area (Å²) in [5.74, 6) is -0.179. The third-order valence-electron chi connectivity index (χ3n) is 4.75. The molecule has 144 valence electrons. The molecule has 7 heteroatoms. The molecule has 2 aliphatic rings. The third-order valence-corrected chi connectivity index (χ3v) is 4.75. The molecule has 1 atom stereocenters. The predicted octanol–water partition coefficient (Wildman–Crippen LogP) is 2.64. The second-order valence-corrected chi connectivity index (χ2v) is 6.81. The number of carbonyl (C=O) groups is 3. The molecule has 7 nitrogen and oxygen atoms in total. The maximum absolute atomic E-state index is 12.6. The van der Waals surface area contributed by atoms with Crippen molar-refractivity contribution in [1.82, 2.24) is 4.90 Å². The van der Waals surface area contributed by atoms with E-state index < -0.39 is 17.7 Å². The Morgan fingerprint density at radius 2 is 1.89 bits per heavy atom. The molecular weight excluding hydrogens is 360 g/mol. The zero-order valence-electron chi connectivity index (χ0n) is 15.7. The van der Waals surface area contributed by atoms with E-state index in [4.69, 9.17) is 9.47 Å². The van der Waals surface area contributed by atoms with Crippen LogP contribution in [0.25, 0.3) is 0 Å². The summed E-state index contributed by atoms with van der Waals surface area (Å²) in [4.78, 5) is 38.4. The van der Waals surface area contributed by atoms with Crippen molar-refractivity contribution in [3.05, 3.63) is 53.1 Å². The first-order valence-electron chi connectivity index (χ1n) is 9.19. The Bertz CT molecular complexity index is 950. The fraction of sp³-hybridized carbons (Fsp3) is 0.286. The Hall–Kier alpha value is -3.35. The zero-order chi connectivity index (χ0) is 19.8. The van der Waals surface area contributed by atoms with E-state index in [9.17, 15) is 14.4 Å². The van der Waals surface area contributed by atoms with Crippen molar-refractivity contribution >= 4 is 23.4 Å². The SMILES string of the molecule is CCOc1cc2c(cc1NC(=O)CN1C(=O)c3ccccc3C1=O)OC(C)C2. The minimum atomic E-state index is -0.485. The number of rotatable bonds is 5. The summed E-state index contributed by atoms with van der Waals surface area (Å²) in [6.07, 6.45) is 0.840. The molecule has 3 amide bonds. The molecule has 0 radical (unpaired) electrons. The molecule has 2 aliphatic heterocycles. The Balaban J connectivity index is 1.53. The highest BCUT2D eigenvalue weighted by molar-refractivity contribution is 6.22. The van der Waals surface area contributed by atoms with Crippen LogP contribution in [0.5, 0.6) is 11.5 Å². The molecule has 2 heterocycles. The average Bonchev–Trinajstić information content (AvgIpc) is 3.14. The van der Waals surface area contributed by atoms with Gasteiger partial charge in [0.15, 0.2) is 0 Å². The van der Waals surface area contributed by atoms with Gasteiger partial charge in [0.1, 0.15) is 24.1 Å². The largest absolute Gasteiger partial charge is 0.492 e. The van der Waals surface area contributed by atoms with Crippen LogP contribution in [0.3, 0.4) is 0 Å². The van der Waals surface area contributed by atoms with Crippen molar-refractivity contribution in [3.8, 4) is 11.5 Å². The van der Waals surface area contributed by atoms with E-state index in [2.05, 4.69) is 5.32 Å². The number of amides is 3. The number of carbonyl (C=O) groups excluding carboxylic acids is 3. The highest BCUT2D eigenvalue weighted by atomic mass is 16.5. The summed E-state index contributed by atoms with van der Waals surface area (Å²) < 4.78 is 11.4. The molecule has 0 bridgehead atoms. The van der Waals surface area contributed by atoms with Crippen LogP contribution >= 0.6 is 0 Å². The maximum atomic E-state index is 12.6. The minimum Gasteiger partial charge on any atom is -0.492 e. The molecule has 0 saturated carbocycles. The van der Waals surface area contributed by atoms with Crippen molar-refractivity contribution in [3.63, 3.8) is 0 Å². The van der Waals surface area contributed by atoms with Gasteiger partial charge in [-0.1, -0.05) is 12.1 Å². The normalized spacial score (nSPS) is 17.2. The van der Waals surface area contributed by atoms with Crippen LogP contribution in [-0.2, 0) is 11.2 Å². The molecule has 2 aromatic rings. The van der Waals surface area contributed by atoms with E-state index in [0.29, 0.717) is 34.9 Å². The molecule has 4 rings (SSSR count). The molecule has 0 aromatic heterocycles. The van der Waals surface area contributed by atoms with Gasteiger partial charge in [-0.05, 0) is 32.0 Å². The number of ether oxygens (including phenoxy) is 2. The molecule has 28 heavy (non-hydrogen) atoms. The fourth-order valence-corrected chi connectivity index (χ4v) is 3.53. The van der Waals surface area contributed by atoms with E-state index >= 15 is 0 Å². The number of fused-ring (bicyclic) bond motifs is 2. The van der Waals surface area contributed by atoms with Crippen molar-refractivity contribution in [2.75, 3.05) is 18.5 Å². The van der Waals surface area contributed by atoms with Gasteiger partial charge >= 0.3 is 0 Å². The Labute approximate surface area is 162 Å². The highest BCUT2D eigenvalue weighted by Crippen LogP contribution is 2.38. The molecular formula is C21H20N2O5. The van der Waals surface area contributed by atoms with Crippen molar-refractivity contribution in [2.45, 2.75) is 26.4 Å². The molecule has 0 aliphatic carbocycles. The second-order valence-electron chi connectivity index (χ2n) is 6.81. The number of benzene rings is 2. The van der Waals surface area contributed by atoms with Crippen LogP contribution in [0.2, 0.25) is 0 Å². The lowest BCUT2D eigenvalue weighted by molar-refractivity contribution is -0.116. The quantitative estimate of drug-likeness (QED) is 0.806. The first-order valence-corrected chi connectivity index (χ1v) is 9.19. The van der Waals surface area contributed by atoms with Crippen LogP contribution in [0.1, 0.15) is 40.1 Å². The first kappa shape index (κ1) is 18.0. The van der Waals surface area contributed by atoms with Crippen LogP contribution in [-0.4, -0.2) is 41.9 Å². The number of imide groups is 1. The lowest BCUT2D eigenvalue weighted by Crippen LogP contribution is -2.37. The molecule has 1 unspecified atom stereocenters. The molecule has 2 aromatic carbocycles. The number of nitrogens with one attached hydrogen (secondary N) is 1. The fourth-order valence-electron chi connectivity index (χ4n) is 3.53. The lowest BCUT2D eigenvalue weighted by atomic mass is 10.1. The van der Waals surface area contributed by atoms with Gasteiger partial charge in [-0.2, -0.15) is 0 Å². The third kappa shape index (κ3) is 3.09. The van der Waals surface area contributed by atoms with Gasteiger partial charge in [-0.3, -0.25) is 19.3 Å². The molecule has 0 saturated heterocycles. The predicted molar refractivity (Wildman–Crippen MR) is 102 cm³/mol. The molecule has 1 N–H and O–H groups in total. The summed E-state index contributed by atoms with van der Waals surface area (Å²) in [5.41, 5.74) is 2.11. The van der Waals surface area contributed by atoms with Gasteiger partial charge in [0.05, 0.1) is 23.4 Å². The lowest BCUT2D eigenvalue weighted by Gasteiger charge is -2.16. The Kier molecular flexibility index (Phi) is 4.50. The smallest absolute Gasteiger partial charge is 0.262 e. The van der Waals surface area contributed by atoms with Gasteiger partial charge < -0.3 is 14.8 Å². The van der Waals surface area contributed by atoms with Gasteiger partial charge in [-0.15, -0.1) is 0 Å². The number of hydrogen-bond donors (Lipinski definition) is 1. The summed E-state index contributed by atoms with van der Waals surface area (Å²) in [6, 6.07) is 10.1. The summed E-state index contributed by atoms with van der Waals surface area (Å²) in [7, 11) is 0. The Morgan fingerprint density at radius 1 is 1.21 bits per heavy atom. The van der Waals surface area contributed by atoms with Gasteiger partial charge in [0, 0.05) is 18.1 Å². The van der Waals surface area contributed by atoms with Crippen LogP contribution in [0.4, 0.5) is 5.69 Å². The van der Waals surface area contributed by atoms with Gasteiger partial charge in [-0.25, -0.2) is 0 Å². The van der Waals surface area contributed by atoms with Crippen molar-refractivity contribution < 1.29 is 23.9 Å². The average molecular weight is 380 g/mol. The van der Waals surface area contributed by atoms with Crippen molar-refractivity contribution in [1.29, 1.82) is 0 Å². The van der Waals surface area contributed by atoms with Gasteiger partial charge in [0.2, 0.25) is 5.91 Å². The standard InChI is InChI=1S/C21H20N2O5/c1-3-27-18-9-13-8-12(2)28-17(13)10-16(18)22-19(24)11-23-20(25)14-6-4-5-7-15(14)21(23)26/h4-7,9-10,12H,3,8,11H2,1-2H3,(H,22,24). The van der Waals surface area contributed by atoms with E-state index in [1.807, 2.05) is 19.9 Å².